The number of rotatable bonds is 4. The van der Waals surface area contributed by atoms with Crippen molar-refractivity contribution in [1.29, 1.82) is 0 Å². The van der Waals surface area contributed by atoms with Gasteiger partial charge in [0.25, 0.3) is 11.1 Å². The van der Waals surface area contributed by atoms with E-state index in [-0.39, 0.29) is 73.9 Å². The summed E-state index contributed by atoms with van der Waals surface area (Å²) in [5.41, 5.74) is 1.40. The zero-order valence-corrected chi connectivity index (χ0v) is 20.8. The van der Waals surface area contributed by atoms with E-state index in [9.17, 15) is 17.8 Å². The average Bonchev–Trinajstić information content (AvgIpc) is 3.14. The molecule has 29 heavy (non-hydrogen) atoms. The van der Waals surface area contributed by atoms with E-state index in [4.69, 9.17) is 17.0 Å². The van der Waals surface area contributed by atoms with Gasteiger partial charge in [-0.05, 0) is 29.9 Å². The quantitative estimate of drug-likeness (QED) is 0.258. The number of thioether (sulfide) groups is 1. The van der Waals surface area contributed by atoms with Crippen molar-refractivity contribution < 1.29 is 73.9 Å². The third-order valence-electron chi connectivity index (χ3n) is 4.12. The molecule has 11 heteroatoms. The standard InChI is InChI=1S/C18H14N2O5S3.K/c21-16-15(25-18(26)19(16)10-12-6-2-1-3-7-12)17-20(11-28(22,23)24)13-8-4-5-9-14(13)27-17;/h1-9H,10-11H2,(H,22,23,24);/q;+1/p-1/b17-15-;. The molecule has 4 rings (SSSR count). The molecule has 1 fully saturated rings. The Labute approximate surface area is 220 Å². The van der Waals surface area contributed by atoms with Gasteiger partial charge in [-0.1, -0.05) is 54.2 Å². The zero-order valence-electron chi connectivity index (χ0n) is 15.3. The molecule has 0 aromatic heterocycles. The smallest absolute Gasteiger partial charge is 0.747 e. The monoisotopic (exact) mass is 472 g/mol. The van der Waals surface area contributed by atoms with Crippen LogP contribution in [-0.4, -0.2) is 34.8 Å². The molecule has 2 aromatic carbocycles. The number of benzene rings is 2. The summed E-state index contributed by atoms with van der Waals surface area (Å²) in [6.07, 6.45) is 0. The minimum absolute atomic E-state index is 0. The van der Waals surface area contributed by atoms with Gasteiger partial charge in [0.15, 0.2) is 0 Å². The molecule has 7 nitrogen and oxygen atoms in total. The van der Waals surface area contributed by atoms with Gasteiger partial charge < -0.3 is 14.2 Å². The van der Waals surface area contributed by atoms with Crippen LogP contribution in [0, 0.1) is 0 Å². The number of carbonyl (C=O) groups is 1. The fourth-order valence-electron chi connectivity index (χ4n) is 2.92. The fourth-order valence-corrected chi connectivity index (χ4v) is 4.95. The predicted molar refractivity (Wildman–Crippen MR) is 107 cm³/mol. The largest absolute Gasteiger partial charge is 1.00 e. The SMILES string of the molecule is O=C1/C(=C2/Sc3ccccc3N2CS(=O)(=O)[O-])OC(=S)N1Cc1ccccc1.[K+]. The Morgan fingerprint density at radius 3 is 2.38 bits per heavy atom. The normalized spacial score (nSPS) is 18.5. The number of anilines is 1. The van der Waals surface area contributed by atoms with Crippen LogP contribution in [-0.2, 0) is 26.2 Å². The minimum Gasteiger partial charge on any atom is -0.747 e. The summed E-state index contributed by atoms with van der Waals surface area (Å²) in [7, 11) is -4.59. The van der Waals surface area contributed by atoms with E-state index in [1.54, 1.807) is 24.3 Å². The van der Waals surface area contributed by atoms with Crippen LogP contribution in [0.2, 0.25) is 0 Å². The second-order valence-electron chi connectivity index (χ2n) is 6.06. The van der Waals surface area contributed by atoms with Crippen molar-refractivity contribution >= 4 is 50.9 Å². The first-order chi connectivity index (χ1) is 13.3. The fraction of sp³-hybridized carbons (Fsp3) is 0.111. The van der Waals surface area contributed by atoms with Gasteiger partial charge in [-0.25, -0.2) is 8.42 Å². The first-order valence-electron chi connectivity index (χ1n) is 8.13. The van der Waals surface area contributed by atoms with E-state index >= 15 is 0 Å². The van der Waals surface area contributed by atoms with Crippen LogP contribution < -0.4 is 56.3 Å². The molecule has 2 heterocycles. The Bertz CT molecular complexity index is 1110. The van der Waals surface area contributed by atoms with Crippen LogP contribution in [0.4, 0.5) is 5.69 Å². The van der Waals surface area contributed by atoms with Crippen LogP contribution in [0.1, 0.15) is 5.56 Å². The number of thiocarbonyl (C=S) groups is 1. The summed E-state index contributed by atoms with van der Waals surface area (Å²) in [4.78, 5) is 16.3. The van der Waals surface area contributed by atoms with Crippen molar-refractivity contribution in [2.45, 2.75) is 11.4 Å². The molecule has 1 amide bonds. The average molecular weight is 473 g/mol. The summed E-state index contributed by atoms with van der Waals surface area (Å²) in [6, 6.07) is 16.2. The van der Waals surface area contributed by atoms with E-state index in [2.05, 4.69) is 0 Å². The maximum atomic E-state index is 13.0. The zero-order chi connectivity index (χ0) is 19.9. The van der Waals surface area contributed by atoms with Gasteiger partial charge in [-0.15, -0.1) is 0 Å². The number of amides is 1. The number of carbonyl (C=O) groups excluding carboxylic acids is 1. The minimum atomic E-state index is -4.59. The summed E-state index contributed by atoms with van der Waals surface area (Å²) < 4.78 is 39.8. The molecule has 0 bridgehead atoms. The molecular weight excluding hydrogens is 460 g/mol. The number of ether oxygens (including phenoxy) is 1. The maximum absolute atomic E-state index is 13.0. The third-order valence-corrected chi connectivity index (χ3v) is 6.16. The van der Waals surface area contributed by atoms with Gasteiger partial charge in [0.2, 0.25) is 5.76 Å². The van der Waals surface area contributed by atoms with Gasteiger partial charge in [0, 0.05) is 4.90 Å². The van der Waals surface area contributed by atoms with Gasteiger partial charge in [-0.3, -0.25) is 9.69 Å². The van der Waals surface area contributed by atoms with Crippen LogP contribution in [0.15, 0.2) is 70.3 Å². The molecule has 0 saturated carbocycles. The summed E-state index contributed by atoms with van der Waals surface area (Å²) in [5.74, 6) is -1.36. The number of hydrogen-bond acceptors (Lipinski definition) is 8. The molecule has 2 aliphatic heterocycles. The van der Waals surface area contributed by atoms with E-state index < -0.39 is 21.9 Å². The van der Waals surface area contributed by atoms with E-state index in [0.717, 1.165) is 10.5 Å². The molecule has 144 valence electrons. The van der Waals surface area contributed by atoms with Crippen molar-refractivity contribution in [2.24, 2.45) is 0 Å². The second kappa shape index (κ2) is 9.16. The van der Waals surface area contributed by atoms with Crippen LogP contribution in [0.25, 0.3) is 0 Å². The van der Waals surface area contributed by atoms with Crippen LogP contribution in [0.3, 0.4) is 0 Å². The number of hydrogen-bond donors (Lipinski definition) is 0. The Balaban J connectivity index is 0.00000240. The first kappa shape index (κ1) is 22.9. The second-order valence-corrected chi connectivity index (χ2v) is 8.82. The van der Waals surface area contributed by atoms with Crippen molar-refractivity contribution in [3.05, 3.63) is 70.9 Å². The summed E-state index contributed by atoms with van der Waals surface area (Å²) >= 11 is 6.37. The first-order valence-corrected chi connectivity index (χ1v) is 10.9. The number of para-hydroxylation sites is 1. The Morgan fingerprint density at radius 1 is 1.03 bits per heavy atom. The van der Waals surface area contributed by atoms with E-state index in [1.165, 1.54) is 21.6 Å². The van der Waals surface area contributed by atoms with Gasteiger partial charge in [0.05, 0.1) is 12.2 Å². The predicted octanol–water partition coefficient (Wildman–Crippen LogP) is -0.382. The van der Waals surface area contributed by atoms with Gasteiger partial charge in [0.1, 0.15) is 21.0 Å². The topological polar surface area (TPSA) is 90.0 Å². The molecule has 2 aliphatic rings. The Morgan fingerprint density at radius 2 is 1.69 bits per heavy atom. The van der Waals surface area contributed by atoms with Crippen molar-refractivity contribution in [2.75, 3.05) is 10.8 Å². The summed E-state index contributed by atoms with van der Waals surface area (Å²) in [5, 5.41) is 0.223. The van der Waals surface area contributed by atoms with E-state index in [1.807, 2.05) is 30.3 Å². The molecule has 0 atom stereocenters. The number of fused-ring (bicyclic) bond motifs is 1. The third kappa shape index (κ3) is 4.94. The molecular formula is C18H13KN2O5S3. The van der Waals surface area contributed by atoms with Crippen LogP contribution in [0.5, 0.6) is 0 Å². The Kier molecular flexibility index (Phi) is 7.24. The molecule has 0 unspecified atom stereocenters. The molecule has 1 saturated heterocycles. The Hall–Kier alpha value is -0.764. The van der Waals surface area contributed by atoms with Crippen molar-refractivity contribution in [1.82, 2.24) is 4.90 Å². The molecule has 0 aliphatic carbocycles. The molecule has 0 N–H and O–H groups in total. The number of nitrogens with zero attached hydrogens (tertiary/aromatic N) is 2. The van der Waals surface area contributed by atoms with Gasteiger partial charge in [-0.2, -0.15) is 0 Å². The van der Waals surface area contributed by atoms with Gasteiger partial charge >= 0.3 is 51.4 Å². The van der Waals surface area contributed by atoms with E-state index in [0.29, 0.717) is 5.69 Å². The molecule has 0 radical (unpaired) electrons. The molecule has 0 spiro atoms. The maximum Gasteiger partial charge on any atom is 1.00 e. The summed E-state index contributed by atoms with van der Waals surface area (Å²) in [6.45, 7) is 0.229. The van der Waals surface area contributed by atoms with Crippen LogP contribution >= 0.6 is 24.0 Å². The van der Waals surface area contributed by atoms with Crippen molar-refractivity contribution in [3.8, 4) is 0 Å². The van der Waals surface area contributed by atoms with Crippen molar-refractivity contribution in [3.63, 3.8) is 0 Å². The molecule has 2 aromatic rings.